The normalized spacial score (nSPS) is 26.4. The van der Waals surface area contributed by atoms with Crippen LogP contribution in [0.15, 0.2) is 22.9 Å². The monoisotopic (exact) mass is 329 g/mol. The van der Waals surface area contributed by atoms with Crippen LogP contribution in [0.2, 0.25) is 0 Å². The zero-order valence-electron chi connectivity index (χ0n) is 13.5. The molecule has 2 saturated heterocycles. The van der Waals surface area contributed by atoms with E-state index in [0.29, 0.717) is 48.8 Å². The summed E-state index contributed by atoms with van der Waals surface area (Å²) in [6.07, 6.45) is 4.72. The number of fused-ring (bicyclic) bond motifs is 1. The van der Waals surface area contributed by atoms with Gasteiger partial charge in [-0.3, -0.25) is 4.79 Å². The smallest absolute Gasteiger partial charge is 0.255 e. The predicted molar refractivity (Wildman–Crippen MR) is 82.0 cm³/mol. The van der Waals surface area contributed by atoms with E-state index in [1.165, 1.54) is 6.20 Å². The molecule has 3 atom stereocenters. The molecule has 2 aromatic rings. The zero-order chi connectivity index (χ0) is 16.5. The minimum absolute atomic E-state index is 0.0133. The molecule has 2 aliphatic heterocycles. The quantitative estimate of drug-likeness (QED) is 0.825. The Hall–Kier alpha value is -2.35. The fourth-order valence-corrected chi connectivity index (χ4v) is 3.67. The van der Waals surface area contributed by atoms with Crippen LogP contribution in [0, 0.1) is 18.8 Å². The number of amides is 1. The summed E-state index contributed by atoms with van der Waals surface area (Å²) in [6, 6.07) is 1.70. The van der Waals surface area contributed by atoms with Crippen LogP contribution in [0.3, 0.4) is 0 Å². The minimum Gasteiger partial charge on any atom is -0.425 e. The second-order valence-electron chi connectivity index (χ2n) is 6.39. The lowest BCUT2D eigenvalue weighted by atomic mass is 9.83. The van der Waals surface area contributed by atoms with Crippen LogP contribution in [0.4, 0.5) is 0 Å². The predicted octanol–water partition coefficient (Wildman–Crippen LogP) is 0.888. The molecular weight excluding hydrogens is 310 g/mol. The molecule has 4 rings (SSSR count). The number of likely N-dealkylation sites (tertiary alicyclic amines) is 1. The SMILES string of the molecule is Cc1nnc(C[C@@H]2OC[C@H]3CN(C(=O)c4ccnnc4)CC[C@H]32)o1. The van der Waals surface area contributed by atoms with Crippen molar-refractivity contribution in [3.63, 3.8) is 0 Å². The largest absolute Gasteiger partial charge is 0.425 e. The number of carbonyl (C=O) groups excluding carboxylic acids is 1. The Morgan fingerprint density at radius 2 is 2.29 bits per heavy atom. The van der Waals surface area contributed by atoms with Gasteiger partial charge in [-0.05, 0) is 18.4 Å². The van der Waals surface area contributed by atoms with Gasteiger partial charge in [0.1, 0.15) is 0 Å². The van der Waals surface area contributed by atoms with Crippen molar-refractivity contribution in [2.45, 2.75) is 25.9 Å². The maximum Gasteiger partial charge on any atom is 0.255 e. The van der Waals surface area contributed by atoms with E-state index in [9.17, 15) is 4.79 Å². The molecule has 2 aliphatic rings. The first-order valence-corrected chi connectivity index (χ1v) is 8.17. The van der Waals surface area contributed by atoms with E-state index < -0.39 is 0 Å². The third-order valence-electron chi connectivity index (χ3n) is 4.86. The summed E-state index contributed by atoms with van der Waals surface area (Å²) in [5.41, 5.74) is 0.584. The number of piperidine rings is 1. The number of nitrogens with zero attached hydrogens (tertiary/aromatic N) is 5. The lowest BCUT2D eigenvalue weighted by Gasteiger charge is -2.35. The number of hydrogen-bond acceptors (Lipinski definition) is 7. The molecule has 0 saturated carbocycles. The van der Waals surface area contributed by atoms with Crippen molar-refractivity contribution in [3.05, 3.63) is 35.8 Å². The van der Waals surface area contributed by atoms with E-state index in [2.05, 4.69) is 20.4 Å². The molecule has 24 heavy (non-hydrogen) atoms. The third kappa shape index (κ3) is 2.89. The van der Waals surface area contributed by atoms with E-state index in [0.717, 1.165) is 13.0 Å². The molecule has 0 spiro atoms. The van der Waals surface area contributed by atoms with Crippen LogP contribution in [0.5, 0.6) is 0 Å². The third-order valence-corrected chi connectivity index (χ3v) is 4.86. The molecule has 0 unspecified atom stereocenters. The van der Waals surface area contributed by atoms with Crippen molar-refractivity contribution >= 4 is 5.91 Å². The number of hydrogen-bond donors (Lipinski definition) is 0. The zero-order valence-corrected chi connectivity index (χ0v) is 13.5. The van der Waals surface area contributed by atoms with Gasteiger partial charge in [0, 0.05) is 25.9 Å². The summed E-state index contributed by atoms with van der Waals surface area (Å²) in [7, 11) is 0. The number of carbonyl (C=O) groups is 1. The maximum atomic E-state index is 12.5. The summed E-state index contributed by atoms with van der Waals surface area (Å²) < 4.78 is 11.4. The maximum absolute atomic E-state index is 12.5. The molecule has 8 nitrogen and oxygen atoms in total. The first-order chi connectivity index (χ1) is 11.7. The average Bonchev–Trinajstić information content (AvgIpc) is 3.21. The van der Waals surface area contributed by atoms with Gasteiger partial charge in [-0.1, -0.05) is 0 Å². The fourth-order valence-electron chi connectivity index (χ4n) is 3.67. The molecule has 8 heteroatoms. The highest BCUT2D eigenvalue weighted by Gasteiger charge is 2.42. The van der Waals surface area contributed by atoms with Gasteiger partial charge in [0.05, 0.1) is 37.1 Å². The van der Waals surface area contributed by atoms with Gasteiger partial charge in [0.15, 0.2) is 0 Å². The molecule has 126 valence electrons. The second-order valence-corrected chi connectivity index (χ2v) is 6.39. The molecular formula is C16H19N5O3. The number of aromatic nitrogens is 4. The summed E-state index contributed by atoms with van der Waals surface area (Å²) in [5, 5.41) is 15.4. The Labute approximate surface area is 139 Å². The molecule has 2 aromatic heterocycles. The van der Waals surface area contributed by atoms with E-state index in [4.69, 9.17) is 9.15 Å². The van der Waals surface area contributed by atoms with Gasteiger partial charge in [-0.15, -0.1) is 10.2 Å². The lowest BCUT2D eigenvalue weighted by molar-refractivity contribution is 0.0603. The van der Waals surface area contributed by atoms with Crippen molar-refractivity contribution in [2.24, 2.45) is 11.8 Å². The summed E-state index contributed by atoms with van der Waals surface area (Å²) in [5.74, 6) is 1.99. The molecule has 2 fully saturated rings. The van der Waals surface area contributed by atoms with Crippen LogP contribution in [0.25, 0.3) is 0 Å². The van der Waals surface area contributed by atoms with Crippen LogP contribution in [-0.2, 0) is 11.2 Å². The second kappa shape index (κ2) is 6.27. The van der Waals surface area contributed by atoms with Crippen molar-refractivity contribution in [2.75, 3.05) is 19.7 Å². The van der Waals surface area contributed by atoms with Gasteiger partial charge in [0.2, 0.25) is 11.8 Å². The first-order valence-electron chi connectivity index (χ1n) is 8.17. The Balaban J connectivity index is 1.40. The van der Waals surface area contributed by atoms with E-state index in [1.807, 2.05) is 4.90 Å². The molecule has 4 heterocycles. The Kier molecular flexibility index (Phi) is 3.97. The van der Waals surface area contributed by atoms with Crippen molar-refractivity contribution in [1.82, 2.24) is 25.3 Å². The van der Waals surface area contributed by atoms with Crippen molar-refractivity contribution in [1.29, 1.82) is 0 Å². The summed E-state index contributed by atoms with van der Waals surface area (Å²) in [4.78, 5) is 14.4. The first kappa shape index (κ1) is 15.2. The van der Waals surface area contributed by atoms with Gasteiger partial charge in [0.25, 0.3) is 5.91 Å². The van der Waals surface area contributed by atoms with Gasteiger partial charge < -0.3 is 14.1 Å². The number of ether oxygens (including phenoxy) is 1. The van der Waals surface area contributed by atoms with Gasteiger partial charge >= 0.3 is 0 Å². The van der Waals surface area contributed by atoms with E-state index in [-0.39, 0.29) is 12.0 Å². The molecule has 1 amide bonds. The molecule has 0 radical (unpaired) electrons. The molecule has 0 bridgehead atoms. The summed E-state index contributed by atoms with van der Waals surface area (Å²) >= 11 is 0. The summed E-state index contributed by atoms with van der Waals surface area (Å²) in [6.45, 7) is 3.89. The van der Waals surface area contributed by atoms with Crippen LogP contribution in [-0.4, -0.2) is 57.0 Å². The highest BCUT2D eigenvalue weighted by Crippen LogP contribution is 2.36. The van der Waals surface area contributed by atoms with Crippen molar-refractivity contribution in [3.8, 4) is 0 Å². The highest BCUT2D eigenvalue weighted by molar-refractivity contribution is 5.93. The average molecular weight is 329 g/mol. The highest BCUT2D eigenvalue weighted by atomic mass is 16.5. The van der Waals surface area contributed by atoms with Crippen molar-refractivity contribution < 1.29 is 13.9 Å². The Morgan fingerprint density at radius 1 is 1.38 bits per heavy atom. The molecule has 0 aliphatic carbocycles. The van der Waals surface area contributed by atoms with Gasteiger partial charge in [-0.2, -0.15) is 10.2 Å². The van der Waals surface area contributed by atoms with Crippen LogP contribution in [0.1, 0.15) is 28.6 Å². The van der Waals surface area contributed by atoms with E-state index >= 15 is 0 Å². The van der Waals surface area contributed by atoms with E-state index in [1.54, 1.807) is 19.2 Å². The number of aryl methyl sites for hydroxylation is 1. The fraction of sp³-hybridized carbons (Fsp3) is 0.562. The number of rotatable bonds is 3. The minimum atomic E-state index is 0.0133. The Bertz CT molecular complexity index is 720. The topological polar surface area (TPSA) is 94.2 Å². The Morgan fingerprint density at radius 3 is 3.04 bits per heavy atom. The van der Waals surface area contributed by atoms with Crippen LogP contribution >= 0.6 is 0 Å². The standard InChI is InChI=1S/C16H19N5O3/c1-10-19-20-15(24-10)6-14-13-3-5-21(8-12(13)9-23-14)16(22)11-2-4-17-18-7-11/h2,4,7,12-14H,3,5-6,8-9H2,1H3/t12-,13-,14+/m1/s1. The molecule has 0 aromatic carbocycles. The van der Waals surface area contributed by atoms with Crippen LogP contribution < -0.4 is 0 Å². The van der Waals surface area contributed by atoms with Gasteiger partial charge in [-0.25, -0.2) is 0 Å². The molecule has 0 N–H and O–H groups in total. The lowest BCUT2D eigenvalue weighted by Crippen LogP contribution is -2.44.